The summed E-state index contributed by atoms with van der Waals surface area (Å²) in [5.74, 6) is 1.05. The number of oxime groups is 1. The number of amidine groups is 1. The smallest absolute Gasteiger partial charge is 0.170 e. The number of anilines is 1. The molecule has 0 aromatic heterocycles. The van der Waals surface area contributed by atoms with Crippen LogP contribution in [0.4, 0.5) is 5.69 Å². The molecule has 1 saturated carbocycles. The summed E-state index contributed by atoms with van der Waals surface area (Å²) in [5, 5.41) is 11.8. The van der Waals surface area contributed by atoms with Crippen LogP contribution in [0.15, 0.2) is 23.4 Å². The lowest BCUT2D eigenvalue weighted by Crippen LogP contribution is -2.26. The minimum atomic E-state index is 0.174. The third-order valence-electron chi connectivity index (χ3n) is 3.63. The van der Waals surface area contributed by atoms with Crippen LogP contribution in [0, 0.1) is 12.8 Å². The third-order valence-corrected chi connectivity index (χ3v) is 3.63. The molecule has 4 nitrogen and oxygen atoms in total. The molecule has 0 heterocycles. The Morgan fingerprint density at radius 1 is 1.47 bits per heavy atom. The van der Waals surface area contributed by atoms with Gasteiger partial charge in [0.15, 0.2) is 5.84 Å². The predicted molar refractivity (Wildman–Crippen MR) is 78.9 cm³/mol. The molecule has 1 aliphatic carbocycles. The summed E-state index contributed by atoms with van der Waals surface area (Å²) < 4.78 is 0. The quantitative estimate of drug-likeness (QED) is 0.358. The lowest BCUT2D eigenvalue weighted by Gasteiger charge is -2.25. The Hall–Kier alpha value is -1.71. The van der Waals surface area contributed by atoms with E-state index >= 15 is 0 Å². The second kappa shape index (κ2) is 5.95. The molecule has 0 aliphatic heterocycles. The topological polar surface area (TPSA) is 61.8 Å². The van der Waals surface area contributed by atoms with E-state index in [4.69, 9.17) is 10.9 Å². The third kappa shape index (κ3) is 3.40. The molecule has 2 rings (SSSR count). The highest BCUT2D eigenvalue weighted by Gasteiger charge is 2.24. The van der Waals surface area contributed by atoms with Gasteiger partial charge in [0.2, 0.25) is 0 Å². The molecule has 3 N–H and O–H groups in total. The van der Waals surface area contributed by atoms with Gasteiger partial charge in [0.1, 0.15) is 0 Å². The summed E-state index contributed by atoms with van der Waals surface area (Å²) in [7, 11) is 0. The van der Waals surface area contributed by atoms with Crippen LogP contribution in [0.1, 0.15) is 37.3 Å². The fraction of sp³-hybridized carbons (Fsp3) is 0.533. The van der Waals surface area contributed by atoms with E-state index in [1.165, 1.54) is 18.5 Å². The van der Waals surface area contributed by atoms with Crippen molar-refractivity contribution in [3.8, 4) is 0 Å². The van der Waals surface area contributed by atoms with Crippen LogP contribution in [0.5, 0.6) is 0 Å². The molecule has 0 amide bonds. The number of aryl methyl sites for hydroxylation is 1. The van der Waals surface area contributed by atoms with Crippen molar-refractivity contribution >= 4 is 11.5 Å². The maximum Gasteiger partial charge on any atom is 0.170 e. The number of benzene rings is 1. The first kappa shape index (κ1) is 13.7. The molecule has 0 saturated heterocycles. The average molecular weight is 261 g/mol. The molecule has 19 heavy (non-hydrogen) atoms. The zero-order valence-electron chi connectivity index (χ0n) is 11.8. The van der Waals surface area contributed by atoms with E-state index in [-0.39, 0.29) is 5.84 Å². The Morgan fingerprint density at radius 2 is 2.21 bits per heavy atom. The summed E-state index contributed by atoms with van der Waals surface area (Å²) in [6, 6.07) is 6.14. The van der Waals surface area contributed by atoms with Gasteiger partial charge in [-0.2, -0.15) is 0 Å². The maximum absolute atomic E-state index is 8.76. The van der Waals surface area contributed by atoms with E-state index in [0.717, 1.165) is 36.6 Å². The highest BCUT2D eigenvalue weighted by molar-refractivity contribution is 5.98. The van der Waals surface area contributed by atoms with Crippen molar-refractivity contribution in [3.05, 3.63) is 29.3 Å². The van der Waals surface area contributed by atoms with Crippen molar-refractivity contribution in [2.75, 3.05) is 18.0 Å². The summed E-state index contributed by atoms with van der Waals surface area (Å²) in [5.41, 5.74) is 8.74. The Labute approximate surface area is 114 Å². The number of nitrogens with zero attached hydrogens (tertiary/aromatic N) is 2. The number of hydrogen-bond acceptors (Lipinski definition) is 3. The molecular weight excluding hydrogens is 238 g/mol. The van der Waals surface area contributed by atoms with Crippen molar-refractivity contribution in [3.63, 3.8) is 0 Å². The maximum atomic E-state index is 8.76. The molecule has 104 valence electrons. The second-order valence-electron chi connectivity index (χ2n) is 5.37. The van der Waals surface area contributed by atoms with Gasteiger partial charge in [-0.1, -0.05) is 12.1 Å². The van der Waals surface area contributed by atoms with Crippen LogP contribution in [-0.2, 0) is 0 Å². The molecule has 1 aromatic carbocycles. The van der Waals surface area contributed by atoms with Gasteiger partial charge in [0.05, 0.1) is 0 Å². The molecule has 1 fully saturated rings. The molecule has 0 atom stereocenters. The number of rotatable bonds is 6. The van der Waals surface area contributed by atoms with Crippen molar-refractivity contribution in [1.29, 1.82) is 0 Å². The standard InChI is InChI=1S/C15H23N3O/c1-3-8-18(10-12-4-5-12)13-6-7-14(11(2)9-13)15(16)17-19/h6-7,9,12,19H,3-5,8,10H2,1-2H3,(H2,16,17). The first-order valence-corrected chi connectivity index (χ1v) is 6.99. The lowest BCUT2D eigenvalue weighted by molar-refractivity contribution is 0.318. The van der Waals surface area contributed by atoms with E-state index in [1.54, 1.807) is 0 Å². The highest BCUT2D eigenvalue weighted by atomic mass is 16.4. The molecule has 0 unspecified atom stereocenters. The normalized spacial score (nSPS) is 15.6. The minimum Gasteiger partial charge on any atom is -0.409 e. The summed E-state index contributed by atoms with van der Waals surface area (Å²) in [6.45, 7) is 6.44. The van der Waals surface area contributed by atoms with Crippen molar-refractivity contribution in [2.45, 2.75) is 33.1 Å². The van der Waals surface area contributed by atoms with Crippen molar-refractivity contribution in [2.24, 2.45) is 16.8 Å². The van der Waals surface area contributed by atoms with Gasteiger partial charge >= 0.3 is 0 Å². The largest absolute Gasteiger partial charge is 0.409 e. The highest BCUT2D eigenvalue weighted by Crippen LogP contribution is 2.32. The zero-order chi connectivity index (χ0) is 13.8. The predicted octanol–water partition coefficient (Wildman–Crippen LogP) is 2.72. The van der Waals surface area contributed by atoms with Crippen LogP contribution in [0.2, 0.25) is 0 Å². The Kier molecular flexibility index (Phi) is 4.30. The van der Waals surface area contributed by atoms with Crippen LogP contribution >= 0.6 is 0 Å². The molecule has 4 heteroatoms. The van der Waals surface area contributed by atoms with Gasteiger partial charge < -0.3 is 15.8 Å². The van der Waals surface area contributed by atoms with E-state index < -0.39 is 0 Å². The molecule has 1 aliphatic rings. The van der Waals surface area contributed by atoms with Gasteiger partial charge in [-0.3, -0.25) is 0 Å². The molecule has 0 spiro atoms. The van der Waals surface area contributed by atoms with Crippen molar-refractivity contribution in [1.82, 2.24) is 0 Å². The molecular formula is C15H23N3O. The van der Waals surface area contributed by atoms with Gasteiger partial charge in [0.25, 0.3) is 0 Å². The zero-order valence-corrected chi connectivity index (χ0v) is 11.8. The van der Waals surface area contributed by atoms with Crippen LogP contribution in [0.25, 0.3) is 0 Å². The number of nitrogens with two attached hydrogens (primary N) is 1. The van der Waals surface area contributed by atoms with E-state index in [0.29, 0.717) is 0 Å². The summed E-state index contributed by atoms with van der Waals surface area (Å²) in [6.07, 6.45) is 3.87. The van der Waals surface area contributed by atoms with Gasteiger partial charge in [-0.05, 0) is 55.9 Å². The Bertz CT molecular complexity index is 466. The fourth-order valence-electron chi connectivity index (χ4n) is 2.39. The average Bonchev–Trinajstić information content (AvgIpc) is 3.21. The lowest BCUT2D eigenvalue weighted by atomic mass is 10.1. The molecule has 0 bridgehead atoms. The van der Waals surface area contributed by atoms with Gasteiger partial charge in [-0.25, -0.2) is 0 Å². The van der Waals surface area contributed by atoms with Gasteiger partial charge in [0, 0.05) is 24.3 Å². The summed E-state index contributed by atoms with van der Waals surface area (Å²) in [4.78, 5) is 2.45. The van der Waals surface area contributed by atoms with E-state index in [9.17, 15) is 0 Å². The van der Waals surface area contributed by atoms with E-state index in [1.807, 2.05) is 13.0 Å². The number of hydrogen-bond donors (Lipinski definition) is 2. The minimum absolute atomic E-state index is 0.174. The Morgan fingerprint density at radius 3 is 2.74 bits per heavy atom. The first-order valence-electron chi connectivity index (χ1n) is 6.99. The SMILES string of the molecule is CCCN(CC1CC1)c1ccc(/C(N)=N/O)c(C)c1. The van der Waals surface area contributed by atoms with Gasteiger partial charge in [-0.15, -0.1) is 0 Å². The fourth-order valence-corrected chi connectivity index (χ4v) is 2.39. The van der Waals surface area contributed by atoms with Crippen LogP contribution in [-0.4, -0.2) is 24.1 Å². The first-order chi connectivity index (χ1) is 9.15. The summed E-state index contributed by atoms with van der Waals surface area (Å²) >= 11 is 0. The Balaban J connectivity index is 2.20. The molecule has 0 radical (unpaired) electrons. The second-order valence-corrected chi connectivity index (χ2v) is 5.37. The van der Waals surface area contributed by atoms with E-state index in [2.05, 4.69) is 29.1 Å². The van der Waals surface area contributed by atoms with Crippen molar-refractivity contribution < 1.29 is 5.21 Å². The van der Waals surface area contributed by atoms with Crippen LogP contribution < -0.4 is 10.6 Å². The molecule has 1 aromatic rings. The monoisotopic (exact) mass is 261 g/mol. The van der Waals surface area contributed by atoms with Crippen LogP contribution in [0.3, 0.4) is 0 Å².